The van der Waals surface area contributed by atoms with Crippen LogP contribution in [0.5, 0.6) is 0 Å². The third-order valence-corrected chi connectivity index (χ3v) is 9.46. The Bertz CT molecular complexity index is 1250. The quantitative estimate of drug-likeness (QED) is 0.495. The van der Waals surface area contributed by atoms with Crippen molar-refractivity contribution in [3.8, 4) is 0 Å². The van der Waals surface area contributed by atoms with Crippen LogP contribution in [-0.2, 0) is 11.8 Å². The number of carbonyl (C=O) groups is 3. The van der Waals surface area contributed by atoms with E-state index in [0.29, 0.717) is 24.2 Å². The first kappa shape index (κ1) is 27.4. The number of carbonyl (C=O) groups excluding carboxylic acids is 3. The van der Waals surface area contributed by atoms with E-state index in [-0.39, 0.29) is 35.7 Å². The topological polar surface area (TPSA) is 78.8 Å². The van der Waals surface area contributed by atoms with Gasteiger partial charge in [-0.05, 0) is 58.6 Å². The van der Waals surface area contributed by atoms with Crippen molar-refractivity contribution in [3.63, 3.8) is 0 Å². The van der Waals surface area contributed by atoms with Crippen LogP contribution in [0, 0.1) is 19.8 Å². The van der Waals surface area contributed by atoms with Crippen molar-refractivity contribution in [2.75, 3.05) is 25.0 Å². The average molecular weight is 534 g/mol. The van der Waals surface area contributed by atoms with Crippen LogP contribution in [0.4, 0.5) is 5.69 Å². The molecule has 0 N–H and O–H groups in total. The molecule has 0 bridgehead atoms. The molecule has 1 unspecified atom stereocenters. The van der Waals surface area contributed by atoms with Gasteiger partial charge in [0, 0.05) is 50.4 Å². The second-order valence-electron chi connectivity index (χ2n) is 11.8. The van der Waals surface area contributed by atoms with Crippen LogP contribution in [0.25, 0.3) is 0 Å². The van der Waals surface area contributed by atoms with Crippen LogP contribution >= 0.6 is 0 Å². The maximum atomic E-state index is 13.7. The van der Waals surface area contributed by atoms with Crippen molar-refractivity contribution in [3.05, 3.63) is 46.3 Å². The summed E-state index contributed by atoms with van der Waals surface area (Å²) in [5.41, 5.74) is 5.09. The molecule has 3 aliphatic rings. The Morgan fingerprint density at radius 2 is 1.62 bits per heavy atom. The van der Waals surface area contributed by atoms with Gasteiger partial charge in [-0.3, -0.25) is 24.0 Å². The molecule has 2 aromatic rings. The summed E-state index contributed by atoms with van der Waals surface area (Å²) in [6.07, 6.45) is 8.98. The summed E-state index contributed by atoms with van der Waals surface area (Å²) < 4.78 is 1.88. The van der Waals surface area contributed by atoms with Crippen LogP contribution in [-0.4, -0.2) is 63.5 Å². The van der Waals surface area contributed by atoms with E-state index >= 15 is 0 Å². The zero-order valence-corrected chi connectivity index (χ0v) is 24.2. The van der Waals surface area contributed by atoms with Crippen LogP contribution in [0.3, 0.4) is 0 Å². The maximum absolute atomic E-state index is 13.7. The molecular formula is C31H43N5O3. The van der Waals surface area contributed by atoms with Gasteiger partial charge in [0.2, 0.25) is 5.91 Å². The van der Waals surface area contributed by atoms with Gasteiger partial charge in [-0.25, -0.2) is 0 Å². The fourth-order valence-electron chi connectivity index (χ4n) is 7.01. The number of amides is 3. The molecule has 8 nitrogen and oxygen atoms in total. The van der Waals surface area contributed by atoms with E-state index in [1.165, 1.54) is 19.3 Å². The predicted molar refractivity (Wildman–Crippen MR) is 152 cm³/mol. The molecule has 1 saturated heterocycles. The number of imide groups is 1. The number of piperidine rings is 1. The summed E-state index contributed by atoms with van der Waals surface area (Å²) in [4.78, 5) is 46.3. The lowest BCUT2D eigenvalue weighted by atomic mass is 9.93. The number of nitrogens with zero attached hydrogens (tertiary/aromatic N) is 5. The highest BCUT2D eigenvalue weighted by Gasteiger charge is 2.42. The number of benzene rings is 1. The molecule has 5 rings (SSSR count). The Kier molecular flexibility index (Phi) is 7.83. The van der Waals surface area contributed by atoms with Crippen molar-refractivity contribution in [1.82, 2.24) is 19.6 Å². The number of aromatic nitrogens is 2. The van der Waals surface area contributed by atoms with E-state index in [4.69, 9.17) is 0 Å². The lowest BCUT2D eigenvalue weighted by Gasteiger charge is -2.36. The summed E-state index contributed by atoms with van der Waals surface area (Å²) in [7, 11) is 3.83. The minimum absolute atomic E-state index is 0.00137. The van der Waals surface area contributed by atoms with Gasteiger partial charge in [-0.2, -0.15) is 5.10 Å². The summed E-state index contributed by atoms with van der Waals surface area (Å²) in [6, 6.07) is 5.61. The summed E-state index contributed by atoms with van der Waals surface area (Å²) in [5.74, 6) is -0.175. The van der Waals surface area contributed by atoms with Crippen molar-refractivity contribution in [2.45, 2.75) is 90.6 Å². The van der Waals surface area contributed by atoms with Crippen LogP contribution in [0.2, 0.25) is 0 Å². The lowest BCUT2D eigenvalue weighted by molar-refractivity contribution is -0.136. The summed E-state index contributed by atoms with van der Waals surface area (Å²) >= 11 is 0. The van der Waals surface area contributed by atoms with E-state index in [0.717, 1.165) is 61.2 Å². The minimum Gasteiger partial charge on any atom is -0.371 e. The van der Waals surface area contributed by atoms with E-state index in [2.05, 4.69) is 16.9 Å². The molecule has 0 spiro atoms. The average Bonchev–Trinajstić information content (AvgIpc) is 3.32. The maximum Gasteiger partial charge on any atom is 0.263 e. The largest absolute Gasteiger partial charge is 0.371 e. The molecule has 39 heavy (non-hydrogen) atoms. The molecule has 210 valence electrons. The van der Waals surface area contributed by atoms with Crippen molar-refractivity contribution >= 4 is 23.4 Å². The number of rotatable bonds is 5. The Morgan fingerprint density at radius 1 is 0.974 bits per heavy atom. The fraction of sp³-hybridized carbons (Fsp3) is 0.613. The van der Waals surface area contributed by atoms with Crippen molar-refractivity contribution in [2.24, 2.45) is 13.0 Å². The molecular weight excluding hydrogens is 490 g/mol. The Morgan fingerprint density at radius 3 is 2.23 bits per heavy atom. The van der Waals surface area contributed by atoms with Gasteiger partial charge >= 0.3 is 0 Å². The molecule has 3 amide bonds. The zero-order valence-electron chi connectivity index (χ0n) is 24.2. The Hall–Kier alpha value is -3.16. The lowest BCUT2D eigenvalue weighted by Crippen LogP contribution is -2.43. The molecule has 2 fully saturated rings. The highest BCUT2D eigenvalue weighted by molar-refractivity contribution is 6.24. The zero-order chi connectivity index (χ0) is 27.8. The molecule has 1 aliphatic carbocycles. The molecule has 8 heteroatoms. The fourth-order valence-corrected chi connectivity index (χ4v) is 7.01. The van der Waals surface area contributed by atoms with Gasteiger partial charge in [-0.1, -0.05) is 38.2 Å². The molecule has 1 atom stereocenters. The molecule has 1 aromatic heterocycles. The highest BCUT2D eigenvalue weighted by Crippen LogP contribution is 2.37. The third kappa shape index (κ3) is 4.98. The number of fused-ring (bicyclic) bond motifs is 1. The van der Waals surface area contributed by atoms with Gasteiger partial charge < -0.3 is 9.80 Å². The summed E-state index contributed by atoms with van der Waals surface area (Å²) in [6.45, 7) is 7.49. The van der Waals surface area contributed by atoms with Crippen molar-refractivity contribution < 1.29 is 14.4 Å². The van der Waals surface area contributed by atoms with Crippen LogP contribution < -0.4 is 4.90 Å². The van der Waals surface area contributed by atoms with Crippen molar-refractivity contribution in [1.29, 1.82) is 0 Å². The number of anilines is 1. The number of hydrogen-bond donors (Lipinski definition) is 0. The van der Waals surface area contributed by atoms with Gasteiger partial charge in [0.1, 0.15) is 0 Å². The Balaban J connectivity index is 1.28. The Labute approximate surface area is 232 Å². The predicted octanol–water partition coefficient (Wildman–Crippen LogP) is 5.18. The minimum atomic E-state index is -0.135. The molecule has 0 radical (unpaired) electrons. The van der Waals surface area contributed by atoms with Gasteiger partial charge in [0.05, 0.1) is 28.6 Å². The number of hydrogen-bond acceptors (Lipinski definition) is 5. The molecule has 2 aliphatic heterocycles. The van der Waals surface area contributed by atoms with E-state index in [9.17, 15) is 14.4 Å². The smallest absolute Gasteiger partial charge is 0.263 e. The van der Waals surface area contributed by atoms with Gasteiger partial charge in [0.15, 0.2) is 0 Å². The second-order valence-corrected chi connectivity index (χ2v) is 11.8. The molecule has 3 heterocycles. The first-order valence-electron chi connectivity index (χ1n) is 14.7. The van der Waals surface area contributed by atoms with Crippen LogP contribution in [0.1, 0.15) is 108 Å². The first-order valence-corrected chi connectivity index (χ1v) is 14.7. The van der Waals surface area contributed by atoms with E-state index in [1.807, 2.05) is 49.7 Å². The van der Waals surface area contributed by atoms with Gasteiger partial charge in [-0.15, -0.1) is 0 Å². The number of aryl methyl sites for hydroxylation is 2. The second kappa shape index (κ2) is 11.1. The highest BCUT2D eigenvalue weighted by atomic mass is 16.2. The first-order chi connectivity index (χ1) is 18.7. The molecule has 1 saturated carbocycles. The van der Waals surface area contributed by atoms with E-state index < -0.39 is 0 Å². The monoisotopic (exact) mass is 533 g/mol. The normalized spacial score (nSPS) is 20.1. The molecule has 1 aromatic carbocycles. The van der Waals surface area contributed by atoms with Crippen LogP contribution in [0.15, 0.2) is 18.2 Å². The van der Waals surface area contributed by atoms with E-state index in [1.54, 1.807) is 11.0 Å². The standard InChI is InChI=1S/C31H43N5O3/c1-20-27(22(3)34(5)32-20)21(2)33(4)29(37)23-16-18-35(19-17-23)26-15-11-14-25-28(26)31(39)36(30(25)38)24-12-9-7-6-8-10-13-24/h11,14-15,21,23-24H,6-10,12-13,16-19H2,1-5H3. The van der Waals surface area contributed by atoms with Gasteiger partial charge in [0.25, 0.3) is 11.8 Å². The SMILES string of the molecule is Cc1nn(C)c(C)c1C(C)N(C)C(=O)C1CCN(c2cccc3c2C(=O)N(C2CCCCCCC2)C3=O)CC1. The summed E-state index contributed by atoms with van der Waals surface area (Å²) in [5, 5.41) is 4.53. The third-order valence-electron chi connectivity index (χ3n) is 9.46.